The molecule has 0 aliphatic heterocycles. The Bertz CT molecular complexity index is 528. The van der Waals surface area contributed by atoms with E-state index >= 15 is 0 Å². The summed E-state index contributed by atoms with van der Waals surface area (Å²) < 4.78 is 5.67. The van der Waals surface area contributed by atoms with Gasteiger partial charge in [-0.05, 0) is 31.2 Å². The number of hydrogen-bond acceptors (Lipinski definition) is 2. The molecular weight excluding hydrogens is 224 g/mol. The first-order valence-electron chi connectivity index (χ1n) is 5.24. The Morgan fingerprint density at radius 3 is 2.88 bits per heavy atom. The second-order valence-electron chi connectivity index (χ2n) is 4.14. The predicted octanol–water partition coefficient (Wildman–Crippen LogP) is 4.17. The van der Waals surface area contributed by atoms with Crippen molar-refractivity contribution in [1.82, 2.24) is 0 Å². The van der Waals surface area contributed by atoms with E-state index in [1.165, 1.54) is 0 Å². The van der Waals surface area contributed by atoms with Crippen LogP contribution in [0.5, 0.6) is 0 Å². The van der Waals surface area contributed by atoms with Gasteiger partial charge in [-0.25, -0.2) is 0 Å². The Hall–Kier alpha value is -1.28. The van der Waals surface area contributed by atoms with Crippen molar-refractivity contribution in [2.75, 3.05) is 0 Å². The van der Waals surface area contributed by atoms with Crippen LogP contribution in [0.4, 0.5) is 0 Å². The van der Waals surface area contributed by atoms with Gasteiger partial charge >= 0.3 is 0 Å². The number of Topliss-reactive ketones (excluding diaryl/α,β-unsaturated/α-hetero) is 1. The molecule has 0 spiro atoms. The fraction of sp³-hybridized carbons (Fsp3) is 0.308. The molecule has 0 radical (unpaired) electrons. The number of fused-ring (bicyclic) bond motifs is 1. The molecule has 0 fully saturated rings. The molecule has 2 aromatic rings. The van der Waals surface area contributed by atoms with E-state index in [1.807, 2.05) is 25.1 Å². The van der Waals surface area contributed by atoms with Crippen molar-refractivity contribution < 1.29 is 9.21 Å². The molecule has 0 amide bonds. The molecule has 1 heterocycles. The van der Waals surface area contributed by atoms with Crippen LogP contribution < -0.4 is 0 Å². The van der Waals surface area contributed by atoms with Crippen molar-refractivity contribution in [3.05, 3.63) is 35.0 Å². The van der Waals surface area contributed by atoms with Gasteiger partial charge in [0, 0.05) is 22.7 Å². The van der Waals surface area contributed by atoms with Gasteiger partial charge in [-0.3, -0.25) is 0 Å². The molecule has 1 atom stereocenters. The number of halogens is 1. The summed E-state index contributed by atoms with van der Waals surface area (Å²) in [6.45, 7) is 3.58. The number of hydrogen-bond donors (Lipinski definition) is 0. The Morgan fingerprint density at radius 2 is 2.19 bits per heavy atom. The maximum Gasteiger partial charge on any atom is 0.134 e. The summed E-state index contributed by atoms with van der Waals surface area (Å²) in [7, 11) is 0. The van der Waals surface area contributed by atoms with E-state index < -0.39 is 0 Å². The maximum absolute atomic E-state index is 11.0. The van der Waals surface area contributed by atoms with E-state index in [0.717, 1.165) is 16.7 Å². The zero-order valence-corrected chi connectivity index (χ0v) is 10.0. The number of carbonyl (C=O) groups is 1. The molecule has 0 saturated heterocycles. The van der Waals surface area contributed by atoms with Crippen LogP contribution in [0.1, 0.15) is 31.9 Å². The van der Waals surface area contributed by atoms with Crippen LogP contribution in [-0.4, -0.2) is 5.78 Å². The predicted molar refractivity (Wildman–Crippen MR) is 64.9 cm³/mol. The largest absolute Gasteiger partial charge is 0.461 e. The highest BCUT2D eigenvalue weighted by atomic mass is 35.5. The molecule has 0 N–H and O–H groups in total. The van der Waals surface area contributed by atoms with E-state index in [2.05, 4.69) is 0 Å². The smallest absolute Gasteiger partial charge is 0.134 e. The molecule has 1 unspecified atom stereocenters. The maximum atomic E-state index is 11.0. The summed E-state index contributed by atoms with van der Waals surface area (Å²) in [5.41, 5.74) is 0.815. The Labute approximate surface area is 99.2 Å². The highest BCUT2D eigenvalue weighted by Gasteiger charge is 2.13. The molecule has 0 aliphatic rings. The summed E-state index contributed by atoms with van der Waals surface area (Å²) in [5, 5.41) is 1.68. The van der Waals surface area contributed by atoms with E-state index in [-0.39, 0.29) is 11.7 Å². The van der Waals surface area contributed by atoms with Gasteiger partial charge in [0.1, 0.15) is 17.1 Å². The molecule has 1 aromatic heterocycles. The van der Waals surface area contributed by atoms with Crippen LogP contribution in [0.15, 0.2) is 28.7 Å². The third-order valence-corrected chi connectivity index (χ3v) is 2.81. The van der Waals surface area contributed by atoms with Crippen LogP contribution in [0.3, 0.4) is 0 Å². The minimum atomic E-state index is 0.115. The molecule has 3 heteroatoms. The Kier molecular flexibility index (Phi) is 3.01. The van der Waals surface area contributed by atoms with Crippen molar-refractivity contribution >= 4 is 28.4 Å². The number of furan rings is 1. The van der Waals surface area contributed by atoms with Crippen LogP contribution in [0.25, 0.3) is 11.0 Å². The average Bonchev–Trinajstić information content (AvgIpc) is 2.59. The molecule has 0 bridgehead atoms. The van der Waals surface area contributed by atoms with Crippen molar-refractivity contribution in [3.8, 4) is 0 Å². The van der Waals surface area contributed by atoms with E-state index in [0.29, 0.717) is 11.4 Å². The standard InChI is InChI=1S/C13H13ClO2/c1-8(5-9(2)15)13-7-10-6-11(14)3-4-12(10)16-13/h3-4,6-8H,5H2,1-2H3. The number of benzene rings is 1. The summed E-state index contributed by atoms with van der Waals surface area (Å²) in [5.74, 6) is 1.13. The lowest BCUT2D eigenvalue weighted by Gasteiger charge is -2.03. The lowest BCUT2D eigenvalue weighted by atomic mass is 10.0. The van der Waals surface area contributed by atoms with E-state index in [4.69, 9.17) is 16.0 Å². The van der Waals surface area contributed by atoms with Gasteiger partial charge in [0.25, 0.3) is 0 Å². The van der Waals surface area contributed by atoms with Gasteiger partial charge in [-0.15, -0.1) is 0 Å². The number of carbonyl (C=O) groups excluding carboxylic acids is 1. The van der Waals surface area contributed by atoms with Crippen molar-refractivity contribution in [1.29, 1.82) is 0 Å². The van der Waals surface area contributed by atoms with Gasteiger partial charge in [0.05, 0.1) is 0 Å². The van der Waals surface area contributed by atoms with Gasteiger partial charge in [-0.2, -0.15) is 0 Å². The average molecular weight is 237 g/mol. The van der Waals surface area contributed by atoms with Gasteiger partial charge in [0.2, 0.25) is 0 Å². The van der Waals surface area contributed by atoms with Gasteiger partial charge < -0.3 is 9.21 Å². The third-order valence-electron chi connectivity index (χ3n) is 2.58. The lowest BCUT2D eigenvalue weighted by molar-refractivity contribution is -0.117. The quantitative estimate of drug-likeness (QED) is 0.801. The molecule has 0 saturated carbocycles. The zero-order chi connectivity index (χ0) is 11.7. The summed E-state index contributed by atoms with van der Waals surface area (Å²) in [4.78, 5) is 11.0. The zero-order valence-electron chi connectivity index (χ0n) is 9.29. The highest BCUT2D eigenvalue weighted by molar-refractivity contribution is 6.31. The Balaban J connectivity index is 2.35. The topological polar surface area (TPSA) is 30.2 Å². The fourth-order valence-corrected chi connectivity index (χ4v) is 1.99. The fourth-order valence-electron chi connectivity index (χ4n) is 1.81. The van der Waals surface area contributed by atoms with Crippen LogP contribution in [0, 0.1) is 0 Å². The van der Waals surface area contributed by atoms with Crippen LogP contribution >= 0.6 is 11.6 Å². The lowest BCUT2D eigenvalue weighted by Crippen LogP contribution is -1.98. The molecule has 2 nitrogen and oxygen atoms in total. The van der Waals surface area contributed by atoms with Gasteiger partial charge in [0.15, 0.2) is 0 Å². The number of ketones is 1. The second-order valence-corrected chi connectivity index (χ2v) is 4.57. The van der Waals surface area contributed by atoms with Crippen molar-refractivity contribution in [3.63, 3.8) is 0 Å². The molecule has 16 heavy (non-hydrogen) atoms. The SMILES string of the molecule is CC(=O)CC(C)c1cc2cc(Cl)ccc2o1. The summed E-state index contributed by atoms with van der Waals surface area (Å²) >= 11 is 5.90. The number of rotatable bonds is 3. The molecule has 0 aliphatic carbocycles. The normalized spacial score (nSPS) is 12.9. The minimum absolute atomic E-state index is 0.115. The molecule has 2 rings (SSSR count). The Morgan fingerprint density at radius 1 is 1.44 bits per heavy atom. The monoisotopic (exact) mass is 236 g/mol. The van der Waals surface area contributed by atoms with Crippen molar-refractivity contribution in [2.24, 2.45) is 0 Å². The molecular formula is C13H13ClO2. The van der Waals surface area contributed by atoms with Crippen molar-refractivity contribution in [2.45, 2.75) is 26.2 Å². The van der Waals surface area contributed by atoms with E-state index in [9.17, 15) is 4.79 Å². The highest BCUT2D eigenvalue weighted by Crippen LogP contribution is 2.28. The first kappa shape index (κ1) is 11.2. The molecule has 84 valence electrons. The van der Waals surface area contributed by atoms with E-state index in [1.54, 1.807) is 13.0 Å². The second kappa shape index (κ2) is 4.30. The minimum Gasteiger partial charge on any atom is -0.461 e. The first-order valence-corrected chi connectivity index (χ1v) is 5.62. The summed E-state index contributed by atoms with van der Waals surface area (Å²) in [6.07, 6.45) is 0.507. The van der Waals surface area contributed by atoms with Crippen LogP contribution in [0.2, 0.25) is 5.02 Å². The van der Waals surface area contributed by atoms with Gasteiger partial charge in [-0.1, -0.05) is 18.5 Å². The summed E-state index contributed by atoms with van der Waals surface area (Å²) in [6, 6.07) is 7.47. The van der Waals surface area contributed by atoms with Crippen LogP contribution in [-0.2, 0) is 4.79 Å². The molecule has 1 aromatic carbocycles. The third kappa shape index (κ3) is 2.27. The first-order chi connectivity index (χ1) is 7.56.